The van der Waals surface area contributed by atoms with Crippen LogP contribution in [0.25, 0.3) is 27.7 Å². The Hall–Kier alpha value is -3.61. The second kappa shape index (κ2) is 10.8. The number of likely N-dealkylation sites (tertiary alicyclic amines) is 1. The molecule has 0 radical (unpaired) electrons. The molecule has 1 amide bonds. The average molecular weight is 480 g/mol. The van der Waals surface area contributed by atoms with Gasteiger partial charge in [-0.05, 0) is 62.9 Å². The van der Waals surface area contributed by atoms with Crippen LogP contribution in [-0.2, 0) is 14.3 Å². The van der Waals surface area contributed by atoms with Gasteiger partial charge in [-0.3, -0.25) is 9.59 Å². The summed E-state index contributed by atoms with van der Waals surface area (Å²) in [5, 5.41) is 0.852. The number of benzene rings is 2. The highest BCUT2D eigenvalue weighted by Gasteiger charge is 2.27. The highest BCUT2D eigenvalue weighted by Crippen LogP contribution is 2.37. The summed E-state index contributed by atoms with van der Waals surface area (Å²) < 4.78 is 30.2. The minimum Gasteiger partial charge on any atom is -0.493 e. The van der Waals surface area contributed by atoms with Gasteiger partial charge in [-0.15, -0.1) is 0 Å². The third kappa shape index (κ3) is 5.39. The molecule has 2 aromatic carbocycles. The molecule has 1 aromatic heterocycles. The Morgan fingerprint density at radius 3 is 2.49 bits per heavy atom. The Morgan fingerprint density at radius 2 is 1.83 bits per heavy atom. The minimum atomic E-state index is -0.301. The molecule has 0 saturated carbocycles. The molecule has 0 atom stereocenters. The number of esters is 1. The number of allylic oxidation sites excluding steroid dienone is 1. The molecular weight excluding hydrogens is 449 g/mol. The van der Waals surface area contributed by atoms with Crippen LogP contribution >= 0.6 is 0 Å². The Kier molecular flexibility index (Phi) is 7.54. The SMILES string of the molecule is CCOC(=O)C1CCN(C(=O)/C=C(\C)c2cc3c(-c4ccc(F)cc4)coc3cc2OCC)CC1. The van der Waals surface area contributed by atoms with E-state index in [2.05, 4.69) is 0 Å². The molecule has 0 spiro atoms. The zero-order valence-electron chi connectivity index (χ0n) is 20.3. The van der Waals surface area contributed by atoms with Crippen LogP contribution in [0.1, 0.15) is 39.2 Å². The van der Waals surface area contributed by atoms with Gasteiger partial charge in [0.1, 0.15) is 17.1 Å². The molecule has 1 saturated heterocycles. The van der Waals surface area contributed by atoms with Gasteiger partial charge in [0.25, 0.3) is 0 Å². The molecule has 184 valence electrons. The van der Waals surface area contributed by atoms with Crippen molar-refractivity contribution < 1.29 is 27.9 Å². The van der Waals surface area contributed by atoms with E-state index in [0.29, 0.717) is 50.5 Å². The lowest BCUT2D eigenvalue weighted by atomic mass is 9.96. The zero-order chi connectivity index (χ0) is 24.9. The summed E-state index contributed by atoms with van der Waals surface area (Å²) in [5.74, 6) is -0.106. The molecular formula is C28H30FNO5. The summed E-state index contributed by atoms with van der Waals surface area (Å²) in [4.78, 5) is 26.8. The molecule has 1 fully saturated rings. The monoisotopic (exact) mass is 479 g/mol. The van der Waals surface area contributed by atoms with Crippen LogP contribution in [0.15, 0.2) is 53.2 Å². The Balaban J connectivity index is 1.60. The van der Waals surface area contributed by atoms with Crippen LogP contribution in [0.4, 0.5) is 4.39 Å². The second-order valence-electron chi connectivity index (χ2n) is 8.61. The summed E-state index contributed by atoms with van der Waals surface area (Å²) in [6, 6.07) is 10.0. The van der Waals surface area contributed by atoms with E-state index < -0.39 is 0 Å². The fourth-order valence-corrected chi connectivity index (χ4v) is 4.44. The van der Waals surface area contributed by atoms with Crippen molar-refractivity contribution in [1.29, 1.82) is 0 Å². The van der Waals surface area contributed by atoms with Crippen molar-refractivity contribution in [1.82, 2.24) is 4.90 Å². The number of hydrogen-bond donors (Lipinski definition) is 0. The number of piperidine rings is 1. The fraction of sp³-hybridized carbons (Fsp3) is 0.357. The first kappa shape index (κ1) is 24.5. The Morgan fingerprint density at radius 1 is 1.11 bits per heavy atom. The van der Waals surface area contributed by atoms with Gasteiger partial charge in [-0.2, -0.15) is 0 Å². The van der Waals surface area contributed by atoms with Gasteiger partial charge < -0.3 is 18.8 Å². The number of furan rings is 1. The number of halogens is 1. The third-order valence-corrected chi connectivity index (χ3v) is 6.32. The van der Waals surface area contributed by atoms with Crippen LogP contribution in [0.5, 0.6) is 5.75 Å². The topological polar surface area (TPSA) is 69.0 Å². The van der Waals surface area contributed by atoms with E-state index in [1.807, 2.05) is 26.0 Å². The van der Waals surface area contributed by atoms with Gasteiger partial charge >= 0.3 is 5.97 Å². The maximum Gasteiger partial charge on any atom is 0.309 e. The van der Waals surface area contributed by atoms with Crippen molar-refractivity contribution in [3.05, 3.63) is 60.1 Å². The highest BCUT2D eigenvalue weighted by molar-refractivity contribution is 6.00. The van der Waals surface area contributed by atoms with Gasteiger partial charge in [-0.1, -0.05) is 12.1 Å². The van der Waals surface area contributed by atoms with E-state index in [4.69, 9.17) is 13.9 Å². The summed E-state index contributed by atoms with van der Waals surface area (Å²) in [6.45, 7) is 7.44. The molecule has 7 heteroatoms. The molecule has 2 heterocycles. The van der Waals surface area contributed by atoms with E-state index in [1.165, 1.54) is 12.1 Å². The highest BCUT2D eigenvalue weighted by atomic mass is 19.1. The van der Waals surface area contributed by atoms with Gasteiger partial charge in [0, 0.05) is 41.7 Å². The number of nitrogens with zero attached hydrogens (tertiary/aromatic N) is 1. The van der Waals surface area contributed by atoms with Crippen LogP contribution in [0.2, 0.25) is 0 Å². The molecule has 6 nitrogen and oxygen atoms in total. The van der Waals surface area contributed by atoms with Crippen molar-refractivity contribution in [2.75, 3.05) is 26.3 Å². The number of fused-ring (bicyclic) bond motifs is 1. The van der Waals surface area contributed by atoms with Gasteiger partial charge in [0.05, 0.1) is 25.4 Å². The Labute approximate surface area is 204 Å². The van der Waals surface area contributed by atoms with Crippen molar-refractivity contribution in [3.8, 4) is 16.9 Å². The molecule has 3 aromatic rings. The van der Waals surface area contributed by atoms with Crippen molar-refractivity contribution in [3.63, 3.8) is 0 Å². The van der Waals surface area contributed by atoms with E-state index in [1.54, 1.807) is 36.3 Å². The first-order valence-electron chi connectivity index (χ1n) is 12.0. The number of hydrogen-bond acceptors (Lipinski definition) is 5. The van der Waals surface area contributed by atoms with E-state index in [-0.39, 0.29) is 23.6 Å². The van der Waals surface area contributed by atoms with Crippen LogP contribution in [0, 0.1) is 11.7 Å². The minimum absolute atomic E-state index is 0.0988. The normalized spacial score (nSPS) is 14.9. The molecule has 0 N–H and O–H groups in total. The van der Waals surface area contributed by atoms with E-state index in [0.717, 1.165) is 27.6 Å². The second-order valence-corrected chi connectivity index (χ2v) is 8.61. The zero-order valence-corrected chi connectivity index (χ0v) is 20.3. The predicted octanol–water partition coefficient (Wildman–Crippen LogP) is 5.84. The number of amides is 1. The van der Waals surface area contributed by atoms with Crippen molar-refractivity contribution in [2.24, 2.45) is 5.92 Å². The van der Waals surface area contributed by atoms with E-state index >= 15 is 0 Å². The molecule has 0 aliphatic carbocycles. The van der Waals surface area contributed by atoms with Crippen LogP contribution < -0.4 is 4.74 Å². The Bertz CT molecular complexity index is 1240. The first-order valence-corrected chi connectivity index (χ1v) is 12.0. The van der Waals surface area contributed by atoms with Gasteiger partial charge in [0.2, 0.25) is 5.91 Å². The number of rotatable bonds is 7. The van der Waals surface area contributed by atoms with Crippen LogP contribution in [0.3, 0.4) is 0 Å². The van der Waals surface area contributed by atoms with E-state index in [9.17, 15) is 14.0 Å². The molecule has 35 heavy (non-hydrogen) atoms. The summed E-state index contributed by atoms with van der Waals surface area (Å²) in [5.41, 5.74) is 3.88. The molecule has 4 rings (SSSR count). The number of ether oxygens (including phenoxy) is 2. The molecule has 0 unspecified atom stereocenters. The van der Waals surface area contributed by atoms with Crippen LogP contribution in [-0.4, -0.2) is 43.1 Å². The number of carbonyl (C=O) groups is 2. The summed E-state index contributed by atoms with van der Waals surface area (Å²) >= 11 is 0. The lowest BCUT2D eigenvalue weighted by Crippen LogP contribution is -2.40. The average Bonchev–Trinajstić information content (AvgIpc) is 3.27. The van der Waals surface area contributed by atoms with Gasteiger partial charge in [0.15, 0.2) is 0 Å². The predicted molar refractivity (Wildman–Crippen MR) is 132 cm³/mol. The molecule has 1 aliphatic rings. The maximum absolute atomic E-state index is 13.4. The lowest BCUT2D eigenvalue weighted by molar-refractivity contribution is -0.150. The third-order valence-electron chi connectivity index (χ3n) is 6.32. The number of carbonyl (C=O) groups excluding carboxylic acids is 2. The smallest absolute Gasteiger partial charge is 0.309 e. The van der Waals surface area contributed by atoms with Gasteiger partial charge in [-0.25, -0.2) is 4.39 Å². The molecule has 0 bridgehead atoms. The van der Waals surface area contributed by atoms with Crippen molar-refractivity contribution in [2.45, 2.75) is 33.6 Å². The summed E-state index contributed by atoms with van der Waals surface area (Å²) in [7, 11) is 0. The first-order chi connectivity index (χ1) is 16.9. The molecule has 1 aliphatic heterocycles. The van der Waals surface area contributed by atoms with Crippen molar-refractivity contribution >= 4 is 28.4 Å². The largest absolute Gasteiger partial charge is 0.493 e. The standard InChI is InChI=1S/C28H30FNO5/c1-4-33-25-16-26-23(24(17-35-26)19-6-8-21(29)9-7-19)15-22(25)18(3)14-27(31)30-12-10-20(11-13-30)28(32)34-5-2/h6-9,14-17,20H,4-5,10-13H2,1-3H3/b18-14+. The fourth-order valence-electron chi connectivity index (χ4n) is 4.44. The lowest BCUT2D eigenvalue weighted by Gasteiger charge is -2.30. The quantitative estimate of drug-likeness (QED) is 0.314. The summed E-state index contributed by atoms with van der Waals surface area (Å²) in [6.07, 6.45) is 4.47. The maximum atomic E-state index is 13.4.